The maximum absolute atomic E-state index is 12.7. The molecule has 2 N–H and O–H groups in total. The molecular weight excluding hydrogens is 416 g/mol. The Hall–Kier alpha value is -3.65. The molecule has 0 aliphatic carbocycles. The molecule has 1 aliphatic heterocycles. The summed E-state index contributed by atoms with van der Waals surface area (Å²) in [7, 11) is 0. The molecule has 2 amide bonds. The van der Waals surface area contributed by atoms with Crippen LogP contribution in [-0.2, 0) is 14.3 Å². The van der Waals surface area contributed by atoms with Crippen molar-refractivity contribution in [3.63, 3.8) is 0 Å². The van der Waals surface area contributed by atoms with Gasteiger partial charge in [-0.2, -0.15) is 0 Å². The Morgan fingerprint density at radius 3 is 2.65 bits per heavy atom. The van der Waals surface area contributed by atoms with Crippen LogP contribution in [0.2, 0.25) is 0 Å². The Morgan fingerprint density at radius 1 is 1.13 bits per heavy atom. The number of carbonyl (C=O) groups is 3. The normalized spacial score (nSPS) is 14.7. The minimum Gasteiger partial charge on any atom is -0.478 e. The first-order valence-corrected chi connectivity index (χ1v) is 10.6. The number of anilines is 2. The zero-order valence-electron chi connectivity index (χ0n) is 16.7. The van der Waals surface area contributed by atoms with Crippen molar-refractivity contribution >= 4 is 39.8 Å². The predicted molar refractivity (Wildman–Crippen MR) is 118 cm³/mol. The van der Waals surface area contributed by atoms with Crippen molar-refractivity contribution in [2.75, 3.05) is 17.2 Å². The van der Waals surface area contributed by atoms with Gasteiger partial charge in [0.05, 0.1) is 18.7 Å². The van der Waals surface area contributed by atoms with E-state index in [1.807, 2.05) is 30.3 Å². The topological polar surface area (TPSA) is 93.7 Å². The van der Waals surface area contributed by atoms with Gasteiger partial charge in [0.1, 0.15) is 16.3 Å². The fraction of sp³-hybridized carbons (Fsp3) is 0.174. The molecule has 0 bridgehead atoms. The van der Waals surface area contributed by atoms with E-state index in [-0.39, 0.29) is 13.0 Å². The van der Waals surface area contributed by atoms with E-state index >= 15 is 0 Å². The molecule has 158 valence electrons. The molecule has 0 spiro atoms. The molecule has 8 heteroatoms. The number of fused-ring (bicyclic) bond motifs is 1. The largest absolute Gasteiger partial charge is 0.478 e. The minimum absolute atomic E-state index is 0.193. The van der Waals surface area contributed by atoms with Gasteiger partial charge >= 0.3 is 5.97 Å². The number of para-hydroxylation sites is 2. The van der Waals surface area contributed by atoms with Crippen LogP contribution in [0.5, 0.6) is 5.75 Å². The number of rotatable bonds is 6. The molecular formula is C23H20N2O5S. The number of thiophene rings is 1. The summed E-state index contributed by atoms with van der Waals surface area (Å²) in [5, 5.41) is 7.66. The Labute approximate surface area is 183 Å². The van der Waals surface area contributed by atoms with E-state index in [9.17, 15) is 14.4 Å². The average molecular weight is 436 g/mol. The smallest absolute Gasteiger partial charge is 0.341 e. The van der Waals surface area contributed by atoms with Crippen molar-refractivity contribution in [3.8, 4) is 16.9 Å². The van der Waals surface area contributed by atoms with Gasteiger partial charge in [-0.15, -0.1) is 11.3 Å². The summed E-state index contributed by atoms with van der Waals surface area (Å²) in [4.78, 5) is 37.6. The van der Waals surface area contributed by atoms with Crippen molar-refractivity contribution in [1.29, 1.82) is 0 Å². The van der Waals surface area contributed by atoms with Crippen LogP contribution in [0.15, 0.2) is 60.0 Å². The van der Waals surface area contributed by atoms with E-state index in [4.69, 9.17) is 9.47 Å². The lowest BCUT2D eigenvalue weighted by molar-refractivity contribution is -0.128. The van der Waals surface area contributed by atoms with Gasteiger partial charge in [-0.3, -0.25) is 9.59 Å². The second-order valence-electron chi connectivity index (χ2n) is 6.78. The molecule has 31 heavy (non-hydrogen) atoms. The molecule has 7 nitrogen and oxygen atoms in total. The zero-order chi connectivity index (χ0) is 21.8. The standard InChI is InChI=1S/C23H20N2O5S/c1-2-29-23(28)20-15(14-8-4-3-5-9-14)13-31-22(20)25-19(26)12-18-21(27)24-16-10-6-7-11-17(16)30-18/h3-11,13,18H,2,12H2,1H3,(H,24,27)(H,25,26). The number of hydrogen-bond donors (Lipinski definition) is 2. The Morgan fingerprint density at radius 2 is 1.87 bits per heavy atom. The van der Waals surface area contributed by atoms with Crippen LogP contribution in [0.3, 0.4) is 0 Å². The minimum atomic E-state index is -0.963. The van der Waals surface area contributed by atoms with Gasteiger partial charge in [0, 0.05) is 10.9 Å². The first-order chi connectivity index (χ1) is 15.1. The monoisotopic (exact) mass is 436 g/mol. The molecule has 0 saturated heterocycles. The van der Waals surface area contributed by atoms with Crippen LogP contribution >= 0.6 is 11.3 Å². The second kappa shape index (κ2) is 9.01. The van der Waals surface area contributed by atoms with E-state index in [0.29, 0.717) is 27.6 Å². The summed E-state index contributed by atoms with van der Waals surface area (Å²) in [5.74, 6) is -0.838. The number of benzene rings is 2. The van der Waals surface area contributed by atoms with Gasteiger partial charge in [0.15, 0.2) is 6.10 Å². The van der Waals surface area contributed by atoms with Crippen LogP contribution in [-0.4, -0.2) is 30.5 Å². The van der Waals surface area contributed by atoms with Crippen molar-refractivity contribution in [2.24, 2.45) is 0 Å². The molecule has 0 saturated carbocycles. The summed E-state index contributed by atoms with van der Waals surface area (Å²) in [6, 6.07) is 16.4. The van der Waals surface area contributed by atoms with E-state index in [1.54, 1.807) is 36.6 Å². The number of amides is 2. The summed E-state index contributed by atoms with van der Waals surface area (Å²) in [6.07, 6.45) is -1.16. The van der Waals surface area contributed by atoms with Crippen LogP contribution in [0.4, 0.5) is 10.7 Å². The maximum Gasteiger partial charge on any atom is 0.341 e. The van der Waals surface area contributed by atoms with Crippen LogP contribution in [0.25, 0.3) is 11.1 Å². The second-order valence-corrected chi connectivity index (χ2v) is 7.66. The predicted octanol–water partition coefficient (Wildman–Crippen LogP) is 4.32. The fourth-order valence-electron chi connectivity index (χ4n) is 3.26. The summed E-state index contributed by atoms with van der Waals surface area (Å²) in [5.41, 5.74) is 2.39. The number of esters is 1. The maximum atomic E-state index is 12.7. The number of hydrogen-bond acceptors (Lipinski definition) is 6. The van der Waals surface area contributed by atoms with Gasteiger partial charge in [-0.25, -0.2) is 4.79 Å². The third-order valence-corrected chi connectivity index (χ3v) is 5.58. The van der Waals surface area contributed by atoms with Crippen molar-refractivity contribution < 1.29 is 23.9 Å². The van der Waals surface area contributed by atoms with E-state index in [0.717, 1.165) is 5.56 Å². The van der Waals surface area contributed by atoms with Gasteiger partial charge in [0.2, 0.25) is 5.91 Å². The molecule has 1 atom stereocenters. The Kier molecular flexibility index (Phi) is 5.99. The lowest BCUT2D eigenvalue weighted by Crippen LogP contribution is -2.39. The SMILES string of the molecule is CCOC(=O)c1c(-c2ccccc2)csc1NC(=O)CC1Oc2ccccc2NC1=O. The lowest BCUT2D eigenvalue weighted by Gasteiger charge is -2.25. The first kappa shape index (κ1) is 20.6. The van der Waals surface area contributed by atoms with Gasteiger partial charge in [0.25, 0.3) is 5.91 Å². The van der Waals surface area contributed by atoms with Gasteiger partial charge in [-0.1, -0.05) is 42.5 Å². The highest BCUT2D eigenvalue weighted by Crippen LogP contribution is 2.36. The summed E-state index contributed by atoms with van der Waals surface area (Å²) < 4.78 is 10.9. The van der Waals surface area contributed by atoms with Crippen LogP contribution in [0, 0.1) is 0 Å². The fourth-order valence-corrected chi connectivity index (χ4v) is 4.23. The molecule has 1 unspecified atom stereocenters. The van der Waals surface area contributed by atoms with Crippen molar-refractivity contribution in [3.05, 3.63) is 65.5 Å². The van der Waals surface area contributed by atoms with E-state index in [2.05, 4.69) is 10.6 Å². The molecule has 0 radical (unpaired) electrons. The quantitative estimate of drug-likeness (QED) is 0.562. The van der Waals surface area contributed by atoms with Gasteiger partial charge in [-0.05, 0) is 24.6 Å². The third kappa shape index (κ3) is 4.44. The highest BCUT2D eigenvalue weighted by molar-refractivity contribution is 7.15. The Balaban J connectivity index is 1.54. The number of carbonyl (C=O) groups excluding carboxylic acids is 3. The highest BCUT2D eigenvalue weighted by Gasteiger charge is 2.30. The molecule has 3 aromatic rings. The molecule has 0 fully saturated rings. The number of ether oxygens (including phenoxy) is 2. The lowest BCUT2D eigenvalue weighted by atomic mass is 10.0. The van der Waals surface area contributed by atoms with Crippen molar-refractivity contribution in [1.82, 2.24) is 0 Å². The zero-order valence-corrected chi connectivity index (χ0v) is 17.5. The summed E-state index contributed by atoms with van der Waals surface area (Å²) >= 11 is 1.23. The third-order valence-electron chi connectivity index (χ3n) is 4.69. The average Bonchev–Trinajstić information content (AvgIpc) is 3.18. The number of nitrogens with one attached hydrogen (secondary N) is 2. The molecule has 1 aromatic heterocycles. The van der Waals surface area contributed by atoms with Crippen molar-refractivity contribution in [2.45, 2.75) is 19.4 Å². The molecule has 2 heterocycles. The van der Waals surface area contributed by atoms with Crippen LogP contribution < -0.4 is 15.4 Å². The molecule has 4 rings (SSSR count). The van der Waals surface area contributed by atoms with Crippen LogP contribution in [0.1, 0.15) is 23.7 Å². The molecule has 2 aromatic carbocycles. The molecule has 1 aliphatic rings. The highest BCUT2D eigenvalue weighted by atomic mass is 32.1. The first-order valence-electron chi connectivity index (χ1n) is 9.77. The Bertz CT molecular complexity index is 1130. The van der Waals surface area contributed by atoms with E-state index < -0.39 is 23.9 Å². The summed E-state index contributed by atoms with van der Waals surface area (Å²) in [6.45, 7) is 1.94. The van der Waals surface area contributed by atoms with Gasteiger partial charge < -0.3 is 20.1 Å². The van der Waals surface area contributed by atoms with E-state index in [1.165, 1.54) is 11.3 Å².